The number of aromatic nitrogens is 2. The first-order chi connectivity index (χ1) is 28.2. The van der Waals surface area contributed by atoms with E-state index >= 15 is 0 Å². The third kappa shape index (κ3) is 5.11. The summed E-state index contributed by atoms with van der Waals surface area (Å²) in [4.78, 5) is 5.43. The zero-order chi connectivity index (χ0) is 37.5. The number of rotatable bonds is 5. The van der Waals surface area contributed by atoms with Crippen LogP contribution in [0.25, 0.3) is 106 Å². The van der Waals surface area contributed by atoms with E-state index in [1.807, 2.05) is 6.07 Å². The normalized spacial score (nSPS) is 12.9. The Labute approximate surface area is 328 Å². The molecule has 4 heterocycles. The summed E-state index contributed by atoms with van der Waals surface area (Å²) in [6, 6.07) is 62.4. The first-order valence-electron chi connectivity index (χ1n) is 19.6. The zero-order valence-electron chi connectivity index (χ0n) is 30.9. The van der Waals surface area contributed by atoms with Crippen molar-refractivity contribution in [1.82, 2.24) is 9.55 Å². The SMILES string of the molecule is C1=C(c2cc(-c3ccccc3)cc(-c3cccc4oc5ccc(-c6ccc7c(c6)c6ccccc6n7-c6ccccc6)cc5c34)n2)CCc2c1oc1ccccc21. The Morgan fingerprint density at radius 3 is 2.00 bits per heavy atom. The van der Waals surface area contributed by atoms with Gasteiger partial charge in [-0.1, -0.05) is 109 Å². The lowest BCUT2D eigenvalue weighted by Gasteiger charge is -2.16. The van der Waals surface area contributed by atoms with Gasteiger partial charge in [0.05, 0.1) is 22.4 Å². The van der Waals surface area contributed by atoms with Gasteiger partial charge in [-0.15, -0.1) is 0 Å². The lowest BCUT2D eigenvalue weighted by molar-refractivity contribution is 0.596. The Morgan fingerprint density at radius 1 is 0.439 bits per heavy atom. The van der Waals surface area contributed by atoms with Crippen molar-refractivity contribution < 1.29 is 8.83 Å². The quantitative estimate of drug-likeness (QED) is 0.177. The molecule has 0 atom stereocenters. The van der Waals surface area contributed by atoms with Crippen LogP contribution < -0.4 is 0 Å². The second-order valence-electron chi connectivity index (χ2n) is 15.0. The Kier molecular flexibility index (Phi) is 7.02. The van der Waals surface area contributed by atoms with Gasteiger partial charge in [0, 0.05) is 43.7 Å². The topological polar surface area (TPSA) is 44.1 Å². The fourth-order valence-corrected chi connectivity index (χ4v) is 9.04. The number of fused-ring (bicyclic) bond motifs is 9. The highest BCUT2D eigenvalue weighted by Crippen LogP contribution is 2.42. The van der Waals surface area contributed by atoms with Gasteiger partial charge in [-0.2, -0.15) is 0 Å². The molecule has 0 amide bonds. The molecule has 0 aliphatic heterocycles. The molecule has 0 N–H and O–H groups in total. The molecule has 0 fully saturated rings. The van der Waals surface area contributed by atoms with Crippen LogP contribution in [0.1, 0.15) is 23.4 Å². The fourth-order valence-electron chi connectivity index (χ4n) is 9.04. The Hall–Kier alpha value is -7.43. The molecule has 0 radical (unpaired) electrons. The van der Waals surface area contributed by atoms with E-state index in [9.17, 15) is 0 Å². The lowest BCUT2D eigenvalue weighted by atomic mass is 9.91. The van der Waals surface area contributed by atoms with Crippen molar-refractivity contribution in [1.29, 1.82) is 0 Å². The molecule has 57 heavy (non-hydrogen) atoms. The van der Waals surface area contributed by atoms with Gasteiger partial charge < -0.3 is 13.4 Å². The first kappa shape index (κ1) is 31.9. The molecule has 4 aromatic heterocycles. The van der Waals surface area contributed by atoms with Gasteiger partial charge in [0.2, 0.25) is 0 Å². The number of pyridine rings is 1. The van der Waals surface area contributed by atoms with Crippen LogP contribution in [0.4, 0.5) is 0 Å². The minimum atomic E-state index is 0.846. The summed E-state index contributed by atoms with van der Waals surface area (Å²) in [6.45, 7) is 0. The second-order valence-corrected chi connectivity index (χ2v) is 15.0. The maximum atomic E-state index is 6.56. The summed E-state index contributed by atoms with van der Waals surface area (Å²) in [5, 5.41) is 5.80. The number of hydrogen-bond donors (Lipinski definition) is 0. The molecule has 4 nitrogen and oxygen atoms in total. The highest BCUT2D eigenvalue weighted by Gasteiger charge is 2.22. The highest BCUT2D eigenvalue weighted by molar-refractivity contribution is 6.14. The summed E-state index contributed by atoms with van der Waals surface area (Å²) in [5.41, 5.74) is 16.1. The second kappa shape index (κ2) is 12.6. The average Bonchev–Trinajstić information content (AvgIpc) is 3.95. The van der Waals surface area contributed by atoms with Crippen molar-refractivity contribution in [3.63, 3.8) is 0 Å². The molecule has 0 saturated heterocycles. The third-order valence-corrected chi connectivity index (χ3v) is 11.7. The van der Waals surface area contributed by atoms with Crippen LogP contribution in [0.2, 0.25) is 0 Å². The molecule has 4 heteroatoms. The summed E-state index contributed by atoms with van der Waals surface area (Å²) in [7, 11) is 0. The number of nitrogens with zero attached hydrogens (tertiary/aromatic N) is 2. The van der Waals surface area contributed by atoms with Crippen LogP contribution in [0, 0.1) is 0 Å². The van der Waals surface area contributed by atoms with E-state index in [4.69, 9.17) is 13.8 Å². The summed E-state index contributed by atoms with van der Waals surface area (Å²) < 4.78 is 15.3. The molecule has 1 aliphatic rings. The number of furan rings is 2. The Bertz CT molecular complexity index is 3400. The van der Waals surface area contributed by atoms with Crippen molar-refractivity contribution in [2.45, 2.75) is 12.8 Å². The molecule has 11 aromatic rings. The van der Waals surface area contributed by atoms with E-state index in [0.29, 0.717) is 0 Å². The van der Waals surface area contributed by atoms with E-state index in [0.717, 1.165) is 91.0 Å². The van der Waals surface area contributed by atoms with E-state index in [1.54, 1.807) is 0 Å². The van der Waals surface area contributed by atoms with Crippen LogP contribution in [-0.4, -0.2) is 9.55 Å². The molecule has 0 bridgehead atoms. The maximum absolute atomic E-state index is 6.56. The predicted octanol–water partition coefficient (Wildman–Crippen LogP) is 14.3. The van der Waals surface area contributed by atoms with Gasteiger partial charge in [-0.25, -0.2) is 4.98 Å². The minimum Gasteiger partial charge on any atom is -0.456 e. The zero-order valence-corrected chi connectivity index (χ0v) is 30.9. The molecule has 12 rings (SSSR count). The Morgan fingerprint density at radius 2 is 1.12 bits per heavy atom. The number of para-hydroxylation sites is 3. The van der Waals surface area contributed by atoms with E-state index < -0.39 is 0 Å². The standard InChI is InChI=1S/C53H34N2O2/c1-3-12-33(13-4-1)37-30-45(36-22-25-41-40-17-8-10-20-49(40)57-52(41)32-36)54-46(31-37)42-18-11-21-51-53(42)44-29-35(24-27-50(44)56-51)34-23-26-48-43(28-34)39-16-7-9-19-47(39)55(48)38-14-5-2-6-15-38/h1-21,23-24,26-32H,22,25H2. The molecular weight excluding hydrogens is 697 g/mol. The molecule has 0 unspecified atom stereocenters. The molecule has 1 aliphatic carbocycles. The van der Waals surface area contributed by atoms with Crippen molar-refractivity contribution in [2.24, 2.45) is 0 Å². The lowest BCUT2D eigenvalue weighted by Crippen LogP contribution is -2.00. The number of benzene rings is 7. The summed E-state index contributed by atoms with van der Waals surface area (Å²) >= 11 is 0. The molecule has 0 saturated carbocycles. The van der Waals surface area contributed by atoms with Crippen molar-refractivity contribution in [3.05, 3.63) is 193 Å². The van der Waals surface area contributed by atoms with Crippen LogP contribution in [0.5, 0.6) is 0 Å². The van der Waals surface area contributed by atoms with Crippen LogP contribution in [0.15, 0.2) is 185 Å². The smallest absolute Gasteiger partial charge is 0.136 e. The highest BCUT2D eigenvalue weighted by atomic mass is 16.3. The van der Waals surface area contributed by atoms with Gasteiger partial charge in [-0.3, -0.25) is 0 Å². The molecular formula is C53H34N2O2. The van der Waals surface area contributed by atoms with Crippen LogP contribution in [-0.2, 0) is 6.42 Å². The average molecular weight is 731 g/mol. The summed E-state index contributed by atoms with van der Waals surface area (Å²) in [5.74, 6) is 0.934. The maximum Gasteiger partial charge on any atom is 0.136 e. The van der Waals surface area contributed by atoms with Crippen molar-refractivity contribution in [2.75, 3.05) is 0 Å². The van der Waals surface area contributed by atoms with E-state index in [1.165, 1.54) is 38.3 Å². The third-order valence-electron chi connectivity index (χ3n) is 11.7. The van der Waals surface area contributed by atoms with Gasteiger partial charge in [-0.05, 0) is 113 Å². The fraction of sp³-hybridized carbons (Fsp3) is 0.0377. The van der Waals surface area contributed by atoms with Crippen molar-refractivity contribution in [3.8, 4) is 39.2 Å². The molecule has 268 valence electrons. The molecule has 7 aromatic carbocycles. The van der Waals surface area contributed by atoms with Crippen molar-refractivity contribution >= 4 is 66.4 Å². The van der Waals surface area contributed by atoms with E-state index in [2.05, 4.69) is 181 Å². The number of aryl methyl sites for hydroxylation is 1. The van der Waals surface area contributed by atoms with Gasteiger partial charge in [0.1, 0.15) is 22.5 Å². The first-order valence-corrected chi connectivity index (χ1v) is 19.6. The van der Waals surface area contributed by atoms with Gasteiger partial charge in [0.15, 0.2) is 0 Å². The number of hydrogen-bond acceptors (Lipinski definition) is 3. The van der Waals surface area contributed by atoms with Crippen LogP contribution >= 0.6 is 0 Å². The Balaban J connectivity index is 1.02. The summed E-state index contributed by atoms with van der Waals surface area (Å²) in [6.07, 6.45) is 4.00. The van der Waals surface area contributed by atoms with Gasteiger partial charge >= 0.3 is 0 Å². The molecule has 0 spiro atoms. The largest absolute Gasteiger partial charge is 0.456 e. The number of allylic oxidation sites excluding steroid dienone is 1. The van der Waals surface area contributed by atoms with E-state index in [-0.39, 0.29) is 0 Å². The predicted molar refractivity (Wildman–Crippen MR) is 235 cm³/mol. The minimum absolute atomic E-state index is 0.846. The monoisotopic (exact) mass is 730 g/mol. The van der Waals surface area contributed by atoms with Gasteiger partial charge in [0.25, 0.3) is 0 Å². The van der Waals surface area contributed by atoms with Crippen LogP contribution in [0.3, 0.4) is 0 Å².